The molecule has 1 aliphatic rings. The van der Waals surface area contributed by atoms with Crippen LogP contribution in [0.15, 0.2) is 34.5 Å². The molecule has 24 heavy (non-hydrogen) atoms. The quantitative estimate of drug-likeness (QED) is 0.646. The number of carbonyl (C=O) groups is 1. The minimum atomic E-state index is -0.381. The Morgan fingerprint density at radius 3 is 2.92 bits per heavy atom. The third-order valence-corrected chi connectivity index (χ3v) is 5.73. The highest BCUT2D eigenvalue weighted by atomic mass is 32.1. The number of nitrogens with zero attached hydrogens (tertiary/aromatic N) is 2. The molecular formula is C18H16N2O2S2. The molecule has 4 nitrogen and oxygen atoms in total. The van der Waals surface area contributed by atoms with Gasteiger partial charge in [0.05, 0.1) is 5.69 Å². The van der Waals surface area contributed by atoms with Crippen LogP contribution in [0, 0.1) is 0 Å². The molecule has 0 saturated carbocycles. The topological polar surface area (TPSA) is 52.1 Å². The lowest BCUT2D eigenvalue weighted by atomic mass is 9.93. The summed E-state index contributed by atoms with van der Waals surface area (Å²) in [5.41, 5.74) is 4.77. The number of pyridine rings is 1. The molecule has 0 aliphatic heterocycles. The van der Waals surface area contributed by atoms with E-state index in [4.69, 9.17) is 4.74 Å². The van der Waals surface area contributed by atoms with Crippen LogP contribution in [0.3, 0.4) is 0 Å². The molecular weight excluding hydrogens is 340 g/mol. The summed E-state index contributed by atoms with van der Waals surface area (Å²) >= 11 is 3.21. The highest BCUT2D eigenvalue weighted by molar-refractivity contribution is 7.14. The van der Waals surface area contributed by atoms with Crippen LogP contribution in [-0.4, -0.2) is 15.9 Å². The number of aryl methyl sites for hydroxylation is 2. The van der Waals surface area contributed by atoms with Gasteiger partial charge in [0.2, 0.25) is 0 Å². The van der Waals surface area contributed by atoms with Crippen molar-refractivity contribution in [3.05, 3.63) is 57.0 Å². The molecule has 3 aromatic heterocycles. The second-order valence-electron chi connectivity index (χ2n) is 5.78. The Kier molecular flexibility index (Phi) is 4.40. The molecule has 6 heteroatoms. The Morgan fingerprint density at radius 1 is 1.21 bits per heavy atom. The molecule has 122 valence electrons. The summed E-state index contributed by atoms with van der Waals surface area (Å²) in [6.45, 7) is 0.179. The van der Waals surface area contributed by atoms with Gasteiger partial charge in [-0.15, -0.1) is 11.3 Å². The minimum absolute atomic E-state index is 0.179. The fourth-order valence-corrected chi connectivity index (χ4v) is 4.35. The zero-order chi connectivity index (χ0) is 16.4. The van der Waals surface area contributed by atoms with Crippen molar-refractivity contribution in [3.63, 3.8) is 0 Å². The molecule has 0 bridgehead atoms. The highest BCUT2D eigenvalue weighted by Crippen LogP contribution is 2.26. The number of esters is 1. The molecule has 0 atom stereocenters. The predicted molar refractivity (Wildman–Crippen MR) is 95.4 cm³/mol. The molecule has 0 amide bonds. The first kappa shape index (κ1) is 15.5. The predicted octanol–water partition coefficient (Wildman–Crippen LogP) is 4.50. The second kappa shape index (κ2) is 6.83. The smallest absolute Gasteiger partial charge is 0.357 e. The van der Waals surface area contributed by atoms with E-state index in [2.05, 4.69) is 15.3 Å². The number of hydrogen-bond donors (Lipinski definition) is 0. The van der Waals surface area contributed by atoms with Gasteiger partial charge >= 0.3 is 5.97 Å². The lowest BCUT2D eigenvalue weighted by Gasteiger charge is -2.15. The van der Waals surface area contributed by atoms with Gasteiger partial charge in [-0.2, -0.15) is 11.3 Å². The van der Waals surface area contributed by atoms with Gasteiger partial charge < -0.3 is 4.74 Å². The van der Waals surface area contributed by atoms with E-state index >= 15 is 0 Å². The summed E-state index contributed by atoms with van der Waals surface area (Å²) in [6.07, 6.45) is 6.28. The van der Waals surface area contributed by atoms with E-state index in [1.807, 2.05) is 29.1 Å². The standard InChI is InChI=1S/C18H16N2O2S2/c21-18(16-7-12-3-1-2-4-13(12)8-19-16)22-9-15-11-24-17(20-15)14-5-6-23-10-14/h5-8,10-11H,1-4,9H2. The van der Waals surface area contributed by atoms with E-state index in [1.165, 1.54) is 24.0 Å². The molecule has 0 N–H and O–H groups in total. The van der Waals surface area contributed by atoms with E-state index < -0.39 is 0 Å². The third-order valence-electron chi connectivity index (χ3n) is 4.11. The molecule has 0 saturated heterocycles. The summed E-state index contributed by atoms with van der Waals surface area (Å²) in [5, 5.41) is 6.97. The van der Waals surface area contributed by atoms with Crippen LogP contribution in [0.25, 0.3) is 10.6 Å². The molecule has 0 radical (unpaired) electrons. The summed E-state index contributed by atoms with van der Waals surface area (Å²) in [5.74, 6) is -0.381. The van der Waals surface area contributed by atoms with Crippen LogP contribution in [0.5, 0.6) is 0 Å². The van der Waals surface area contributed by atoms with Gasteiger partial charge in [-0.3, -0.25) is 0 Å². The molecule has 4 rings (SSSR count). The number of carbonyl (C=O) groups excluding carboxylic acids is 1. The molecule has 1 aliphatic carbocycles. The first-order valence-corrected chi connectivity index (χ1v) is 9.74. The fourth-order valence-electron chi connectivity index (χ4n) is 2.83. The normalized spacial score (nSPS) is 13.5. The first-order chi connectivity index (χ1) is 11.8. The van der Waals surface area contributed by atoms with Crippen molar-refractivity contribution in [1.82, 2.24) is 9.97 Å². The largest absolute Gasteiger partial charge is 0.454 e. The van der Waals surface area contributed by atoms with Crippen LogP contribution < -0.4 is 0 Å². The average molecular weight is 356 g/mol. The maximum absolute atomic E-state index is 12.2. The van der Waals surface area contributed by atoms with Crippen LogP contribution >= 0.6 is 22.7 Å². The van der Waals surface area contributed by atoms with Crippen LogP contribution in [-0.2, 0) is 24.2 Å². The fraction of sp³-hybridized carbons (Fsp3) is 0.278. The minimum Gasteiger partial charge on any atom is -0.454 e. The first-order valence-electron chi connectivity index (χ1n) is 7.91. The van der Waals surface area contributed by atoms with Crippen molar-refractivity contribution < 1.29 is 9.53 Å². The lowest BCUT2D eigenvalue weighted by Crippen LogP contribution is -2.11. The summed E-state index contributed by atoms with van der Waals surface area (Å²) in [4.78, 5) is 21.0. The molecule has 0 spiro atoms. The summed E-state index contributed by atoms with van der Waals surface area (Å²) in [7, 11) is 0. The third kappa shape index (κ3) is 3.25. The van der Waals surface area contributed by atoms with Gasteiger partial charge in [-0.1, -0.05) is 0 Å². The van der Waals surface area contributed by atoms with Crippen LogP contribution in [0.4, 0.5) is 0 Å². The SMILES string of the molecule is O=C(OCc1csc(-c2ccsc2)n1)c1cc2c(cn1)CCCC2. The van der Waals surface area contributed by atoms with Gasteiger partial charge in [0.25, 0.3) is 0 Å². The van der Waals surface area contributed by atoms with Gasteiger partial charge in [-0.25, -0.2) is 14.8 Å². The van der Waals surface area contributed by atoms with Crippen molar-refractivity contribution in [3.8, 4) is 10.6 Å². The Bertz CT molecular complexity index is 856. The van der Waals surface area contributed by atoms with Crippen molar-refractivity contribution in [1.29, 1.82) is 0 Å². The Labute approximate surface area is 148 Å². The second-order valence-corrected chi connectivity index (χ2v) is 7.42. The lowest BCUT2D eigenvalue weighted by molar-refractivity contribution is 0.0461. The van der Waals surface area contributed by atoms with Gasteiger partial charge in [0.15, 0.2) is 0 Å². The van der Waals surface area contributed by atoms with Crippen molar-refractivity contribution in [2.75, 3.05) is 0 Å². The average Bonchev–Trinajstić information content (AvgIpc) is 3.30. The van der Waals surface area contributed by atoms with Crippen LogP contribution in [0.1, 0.15) is 40.2 Å². The molecule has 3 heterocycles. The Morgan fingerprint density at radius 2 is 2.08 bits per heavy atom. The highest BCUT2D eigenvalue weighted by Gasteiger charge is 2.16. The number of hydrogen-bond acceptors (Lipinski definition) is 6. The number of thiazole rings is 1. The van der Waals surface area contributed by atoms with Gasteiger partial charge in [0, 0.05) is 22.5 Å². The maximum atomic E-state index is 12.2. The van der Waals surface area contributed by atoms with Gasteiger partial charge in [0.1, 0.15) is 17.3 Å². The number of aromatic nitrogens is 2. The Balaban J connectivity index is 1.41. The monoisotopic (exact) mass is 356 g/mol. The maximum Gasteiger partial charge on any atom is 0.357 e. The zero-order valence-corrected chi connectivity index (χ0v) is 14.7. The molecule has 3 aromatic rings. The van der Waals surface area contributed by atoms with E-state index in [9.17, 15) is 4.79 Å². The van der Waals surface area contributed by atoms with E-state index in [0.29, 0.717) is 5.69 Å². The number of fused-ring (bicyclic) bond motifs is 1. The van der Waals surface area contributed by atoms with Crippen molar-refractivity contribution in [2.24, 2.45) is 0 Å². The zero-order valence-electron chi connectivity index (χ0n) is 13.0. The number of rotatable bonds is 4. The molecule has 0 aromatic carbocycles. The van der Waals surface area contributed by atoms with Crippen LogP contribution in [0.2, 0.25) is 0 Å². The number of ether oxygens (including phenoxy) is 1. The van der Waals surface area contributed by atoms with Crippen molar-refractivity contribution in [2.45, 2.75) is 32.3 Å². The Hall–Kier alpha value is -2.05. The summed E-state index contributed by atoms with van der Waals surface area (Å²) in [6, 6.07) is 3.92. The number of thiophene rings is 1. The summed E-state index contributed by atoms with van der Waals surface area (Å²) < 4.78 is 5.38. The van der Waals surface area contributed by atoms with E-state index in [-0.39, 0.29) is 12.6 Å². The van der Waals surface area contributed by atoms with Gasteiger partial charge in [-0.05, 0) is 54.3 Å². The van der Waals surface area contributed by atoms with E-state index in [0.717, 1.165) is 29.1 Å². The van der Waals surface area contributed by atoms with Crippen molar-refractivity contribution >= 4 is 28.6 Å². The van der Waals surface area contributed by atoms with E-state index in [1.54, 1.807) is 22.7 Å². The molecule has 0 fully saturated rings. The molecule has 0 unspecified atom stereocenters.